The number of morpholine rings is 1. The van der Waals surface area contributed by atoms with E-state index in [0.29, 0.717) is 13.2 Å². The Kier molecular flexibility index (Phi) is 5.13. The molecule has 20 heavy (non-hydrogen) atoms. The van der Waals surface area contributed by atoms with E-state index in [1.165, 1.54) is 11.1 Å². The molecule has 1 aliphatic rings. The standard InChI is InChI=1S/C16H23N3O/c1-3-15(18)16(13-6-4-5-12(2)9-13)19-7-8-20-14(10-17)11-19/h4-6,9,14-16H,3,7-8,11,18H2,1-2H3. The maximum atomic E-state index is 9.07. The number of ether oxygens (including phenoxy) is 1. The minimum absolute atomic E-state index is 0.0641. The highest BCUT2D eigenvalue weighted by Gasteiger charge is 2.30. The summed E-state index contributed by atoms with van der Waals surface area (Å²) >= 11 is 0. The molecule has 0 spiro atoms. The van der Waals surface area contributed by atoms with Gasteiger partial charge in [0.2, 0.25) is 0 Å². The molecule has 1 aliphatic heterocycles. The summed E-state index contributed by atoms with van der Waals surface area (Å²) in [6.07, 6.45) is 0.563. The zero-order valence-corrected chi connectivity index (χ0v) is 12.2. The molecule has 1 heterocycles. The van der Waals surface area contributed by atoms with E-state index in [0.717, 1.165) is 13.0 Å². The normalized spacial score (nSPS) is 23.0. The molecular weight excluding hydrogens is 250 g/mol. The van der Waals surface area contributed by atoms with Crippen LogP contribution in [0.15, 0.2) is 24.3 Å². The predicted octanol–water partition coefficient (Wildman–Crippen LogP) is 2.00. The van der Waals surface area contributed by atoms with Gasteiger partial charge in [0.15, 0.2) is 6.10 Å². The molecule has 1 aromatic carbocycles. The van der Waals surface area contributed by atoms with E-state index in [2.05, 4.69) is 49.1 Å². The summed E-state index contributed by atoms with van der Waals surface area (Å²) in [5.74, 6) is 0. The van der Waals surface area contributed by atoms with Crippen molar-refractivity contribution in [3.63, 3.8) is 0 Å². The molecule has 0 aliphatic carbocycles. The lowest BCUT2D eigenvalue weighted by atomic mass is 9.94. The lowest BCUT2D eigenvalue weighted by molar-refractivity contribution is -0.0222. The number of aryl methyl sites for hydroxylation is 1. The maximum absolute atomic E-state index is 9.07. The molecule has 1 saturated heterocycles. The van der Waals surface area contributed by atoms with E-state index in [9.17, 15) is 0 Å². The van der Waals surface area contributed by atoms with Gasteiger partial charge in [-0.1, -0.05) is 36.8 Å². The van der Waals surface area contributed by atoms with E-state index < -0.39 is 0 Å². The predicted molar refractivity (Wildman–Crippen MR) is 79.1 cm³/mol. The second-order valence-corrected chi connectivity index (χ2v) is 5.41. The summed E-state index contributed by atoms with van der Waals surface area (Å²) in [6, 6.07) is 10.9. The first-order chi connectivity index (χ1) is 9.65. The summed E-state index contributed by atoms with van der Waals surface area (Å²) in [7, 11) is 0. The van der Waals surface area contributed by atoms with Gasteiger partial charge in [0, 0.05) is 19.1 Å². The highest BCUT2D eigenvalue weighted by molar-refractivity contribution is 5.26. The van der Waals surface area contributed by atoms with E-state index in [-0.39, 0.29) is 18.2 Å². The molecule has 3 atom stereocenters. The van der Waals surface area contributed by atoms with Crippen molar-refractivity contribution >= 4 is 0 Å². The first-order valence-corrected chi connectivity index (χ1v) is 7.23. The van der Waals surface area contributed by atoms with Crippen LogP contribution in [-0.4, -0.2) is 36.7 Å². The van der Waals surface area contributed by atoms with Crippen molar-refractivity contribution < 1.29 is 4.74 Å². The van der Waals surface area contributed by atoms with Crippen molar-refractivity contribution in [1.82, 2.24) is 4.90 Å². The molecule has 3 unspecified atom stereocenters. The van der Waals surface area contributed by atoms with E-state index >= 15 is 0 Å². The lowest BCUT2D eigenvalue weighted by Crippen LogP contribution is -2.49. The largest absolute Gasteiger partial charge is 0.361 e. The zero-order chi connectivity index (χ0) is 14.5. The number of nitriles is 1. The van der Waals surface area contributed by atoms with Gasteiger partial charge in [-0.05, 0) is 18.9 Å². The van der Waals surface area contributed by atoms with Gasteiger partial charge in [-0.25, -0.2) is 0 Å². The van der Waals surface area contributed by atoms with E-state index in [1.807, 2.05) is 0 Å². The van der Waals surface area contributed by atoms with Crippen LogP contribution in [0.5, 0.6) is 0 Å². The van der Waals surface area contributed by atoms with Crippen LogP contribution in [-0.2, 0) is 4.74 Å². The average Bonchev–Trinajstić information content (AvgIpc) is 2.47. The van der Waals surface area contributed by atoms with Gasteiger partial charge in [-0.15, -0.1) is 0 Å². The Morgan fingerprint density at radius 2 is 2.35 bits per heavy atom. The van der Waals surface area contributed by atoms with E-state index in [4.69, 9.17) is 15.7 Å². The number of nitrogens with two attached hydrogens (primary N) is 1. The third-order valence-electron chi connectivity index (χ3n) is 3.90. The Bertz CT molecular complexity index is 483. The van der Waals surface area contributed by atoms with Crippen molar-refractivity contribution in [1.29, 1.82) is 5.26 Å². The molecule has 108 valence electrons. The van der Waals surface area contributed by atoms with Gasteiger partial charge in [0.05, 0.1) is 18.7 Å². The number of rotatable bonds is 4. The highest BCUT2D eigenvalue weighted by atomic mass is 16.5. The van der Waals surface area contributed by atoms with Gasteiger partial charge in [-0.3, -0.25) is 4.90 Å². The zero-order valence-electron chi connectivity index (χ0n) is 12.2. The molecule has 1 fully saturated rings. The first kappa shape index (κ1) is 15.0. The van der Waals surface area contributed by atoms with Crippen LogP contribution in [0.4, 0.5) is 0 Å². The second kappa shape index (κ2) is 6.85. The van der Waals surface area contributed by atoms with Crippen molar-refractivity contribution in [3.8, 4) is 6.07 Å². The summed E-state index contributed by atoms with van der Waals surface area (Å²) in [6.45, 7) is 6.25. The fourth-order valence-corrected chi connectivity index (χ4v) is 2.81. The smallest absolute Gasteiger partial charge is 0.156 e. The molecule has 0 aromatic heterocycles. The highest BCUT2D eigenvalue weighted by Crippen LogP contribution is 2.27. The van der Waals surface area contributed by atoms with Crippen LogP contribution in [0.25, 0.3) is 0 Å². The Hall–Kier alpha value is -1.41. The Balaban J connectivity index is 2.26. The van der Waals surface area contributed by atoms with Gasteiger partial charge in [0.1, 0.15) is 0 Å². The molecular formula is C16H23N3O. The summed E-state index contributed by atoms with van der Waals surface area (Å²) in [4.78, 5) is 2.29. The van der Waals surface area contributed by atoms with Gasteiger partial charge < -0.3 is 10.5 Å². The number of hydrogen-bond acceptors (Lipinski definition) is 4. The number of nitrogens with zero attached hydrogens (tertiary/aromatic N) is 2. The third-order valence-corrected chi connectivity index (χ3v) is 3.90. The molecule has 0 radical (unpaired) electrons. The molecule has 1 aromatic rings. The summed E-state index contributed by atoms with van der Waals surface area (Å²) in [5, 5.41) is 9.07. The molecule has 4 nitrogen and oxygen atoms in total. The Labute approximate surface area is 121 Å². The van der Waals surface area contributed by atoms with Gasteiger partial charge in [-0.2, -0.15) is 5.26 Å². The maximum Gasteiger partial charge on any atom is 0.156 e. The fourth-order valence-electron chi connectivity index (χ4n) is 2.81. The average molecular weight is 273 g/mol. The minimum Gasteiger partial charge on any atom is -0.361 e. The summed E-state index contributed by atoms with van der Waals surface area (Å²) < 4.78 is 5.44. The monoisotopic (exact) mass is 273 g/mol. The molecule has 0 bridgehead atoms. The Morgan fingerprint density at radius 3 is 3.00 bits per heavy atom. The fraction of sp³-hybridized carbons (Fsp3) is 0.562. The Morgan fingerprint density at radius 1 is 1.55 bits per heavy atom. The van der Waals surface area contributed by atoms with Crippen molar-refractivity contribution in [2.75, 3.05) is 19.7 Å². The van der Waals surface area contributed by atoms with Crippen LogP contribution in [0, 0.1) is 18.3 Å². The SMILES string of the molecule is CCC(N)C(c1cccc(C)c1)N1CCOC(C#N)C1. The van der Waals surface area contributed by atoms with Crippen LogP contribution in [0.3, 0.4) is 0 Å². The molecule has 2 N–H and O–H groups in total. The van der Waals surface area contributed by atoms with Crippen LogP contribution >= 0.6 is 0 Å². The van der Waals surface area contributed by atoms with Crippen LogP contribution < -0.4 is 5.73 Å². The van der Waals surface area contributed by atoms with Crippen molar-refractivity contribution in [2.45, 2.75) is 38.5 Å². The van der Waals surface area contributed by atoms with Gasteiger partial charge >= 0.3 is 0 Å². The van der Waals surface area contributed by atoms with Crippen LogP contribution in [0.1, 0.15) is 30.5 Å². The third kappa shape index (κ3) is 3.37. The van der Waals surface area contributed by atoms with Crippen LogP contribution in [0.2, 0.25) is 0 Å². The molecule has 0 saturated carbocycles. The number of benzene rings is 1. The molecule has 4 heteroatoms. The lowest BCUT2D eigenvalue weighted by Gasteiger charge is -2.39. The quantitative estimate of drug-likeness (QED) is 0.911. The number of hydrogen-bond donors (Lipinski definition) is 1. The van der Waals surface area contributed by atoms with Crippen molar-refractivity contribution in [3.05, 3.63) is 35.4 Å². The summed E-state index contributed by atoms with van der Waals surface area (Å²) in [5.41, 5.74) is 8.82. The van der Waals surface area contributed by atoms with E-state index in [1.54, 1.807) is 0 Å². The minimum atomic E-state index is -0.347. The van der Waals surface area contributed by atoms with Gasteiger partial charge in [0.25, 0.3) is 0 Å². The molecule has 0 amide bonds. The topological polar surface area (TPSA) is 62.3 Å². The second-order valence-electron chi connectivity index (χ2n) is 5.41. The van der Waals surface area contributed by atoms with Crippen molar-refractivity contribution in [2.24, 2.45) is 5.73 Å². The first-order valence-electron chi connectivity index (χ1n) is 7.23. The molecule has 2 rings (SSSR count).